The number of guanidine groups is 1. The molecule has 0 spiro atoms. The number of aryl methyl sites for hydroxylation is 1. The Morgan fingerprint density at radius 3 is 2.40 bits per heavy atom. The summed E-state index contributed by atoms with van der Waals surface area (Å²) >= 11 is 0. The maximum Gasteiger partial charge on any atom is 0.191 e. The van der Waals surface area contributed by atoms with Gasteiger partial charge in [0.05, 0.1) is 32.1 Å². The molecular weight excluding hydrogens is 493 g/mol. The van der Waals surface area contributed by atoms with E-state index in [1.807, 2.05) is 54.2 Å². The summed E-state index contributed by atoms with van der Waals surface area (Å²) < 4.78 is 12.5. The minimum absolute atomic E-state index is 0. The van der Waals surface area contributed by atoms with Crippen molar-refractivity contribution in [2.75, 3.05) is 21.3 Å². The van der Waals surface area contributed by atoms with Crippen LogP contribution < -0.4 is 20.1 Å². The van der Waals surface area contributed by atoms with E-state index in [-0.39, 0.29) is 24.0 Å². The van der Waals surface area contributed by atoms with Crippen molar-refractivity contribution < 1.29 is 9.47 Å². The molecule has 0 aliphatic heterocycles. The van der Waals surface area contributed by atoms with E-state index in [0.717, 1.165) is 28.4 Å². The van der Waals surface area contributed by atoms with Crippen molar-refractivity contribution in [1.29, 1.82) is 0 Å². The number of nitrogens with zero attached hydrogens (tertiary/aromatic N) is 3. The van der Waals surface area contributed by atoms with Crippen molar-refractivity contribution in [3.05, 3.63) is 71.5 Å². The largest absolute Gasteiger partial charge is 0.497 e. The lowest BCUT2D eigenvalue weighted by molar-refractivity contribution is 0.408. The number of hydrogen-bond donors (Lipinski definition) is 2. The van der Waals surface area contributed by atoms with Gasteiger partial charge in [-0.2, -0.15) is 5.10 Å². The molecule has 0 fully saturated rings. The third kappa shape index (κ3) is 6.12. The fourth-order valence-electron chi connectivity index (χ4n) is 2.91. The fourth-order valence-corrected chi connectivity index (χ4v) is 2.91. The van der Waals surface area contributed by atoms with E-state index in [9.17, 15) is 0 Å². The third-order valence-electron chi connectivity index (χ3n) is 4.53. The zero-order chi connectivity index (χ0) is 20.6. The molecule has 30 heavy (non-hydrogen) atoms. The molecular formula is C22H28IN5O2. The fraction of sp³-hybridized carbons (Fsp3) is 0.273. The minimum Gasteiger partial charge on any atom is -0.497 e. The van der Waals surface area contributed by atoms with Crippen LogP contribution in [0.1, 0.15) is 16.8 Å². The summed E-state index contributed by atoms with van der Waals surface area (Å²) in [6.07, 6.45) is 1.94. The van der Waals surface area contributed by atoms with E-state index in [1.165, 1.54) is 5.56 Å². The van der Waals surface area contributed by atoms with Gasteiger partial charge in [-0.25, -0.2) is 4.68 Å². The molecule has 0 atom stereocenters. The Labute approximate surface area is 194 Å². The number of ether oxygens (including phenoxy) is 2. The number of halogens is 1. The van der Waals surface area contributed by atoms with Gasteiger partial charge in [0.25, 0.3) is 0 Å². The van der Waals surface area contributed by atoms with Gasteiger partial charge < -0.3 is 20.1 Å². The van der Waals surface area contributed by atoms with Crippen molar-refractivity contribution in [3.8, 4) is 17.2 Å². The van der Waals surface area contributed by atoms with Crippen LogP contribution in [0.25, 0.3) is 5.69 Å². The molecule has 3 rings (SSSR count). The lowest BCUT2D eigenvalue weighted by Crippen LogP contribution is -2.36. The lowest BCUT2D eigenvalue weighted by atomic mass is 10.1. The number of nitrogens with one attached hydrogen (secondary N) is 2. The molecule has 2 N–H and O–H groups in total. The molecule has 160 valence electrons. The van der Waals surface area contributed by atoms with Crippen molar-refractivity contribution >= 4 is 29.9 Å². The predicted octanol–water partition coefficient (Wildman–Crippen LogP) is 3.68. The average Bonchev–Trinajstić information content (AvgIpc) is 3.23. The molecule has 1 heterocycles. The van der Waals surface area contributed by atoms with Crippen molar-refractivity contribution in [2.24, 2.45) is 4.99 Å². The molecule has 1 aromatic heterocycles. The van der Waals surface area contributed by atoms with Gasteiger partial charge in [-0.3, -0.25) is 4.99 Å². The highest BCUT2D eigenvalue weighted by Gasteiger charge is 2.06. The van der Waals surface area contributed by atoms with Gasteiger partial charge in [-0.05, 0) is 48.9 Å². The van der Waals surface area contributed by atoms with Gasteiger partial charge in [0.15, 0.2) is 5.96 Å². The molecule has 0 radical (unpaired) electrons. The normalized spacial score (nSPS) is 10.9. The van der Waals surface area contributed by atoms with Crippen LogP contribution in [0.2, 0.25) is 0 Å². The monoisotopic (exact) mass is 521 g/mol. The van der Waals surface area contributed by atoms with Crippen LogP contribution in [0.5, 0.6) is 11.5 Å². The van der Waals surface area contributed by atoms with E-state index in [2.05, 4.69) is 32.9 Å². The molecule has 7 nitrogen and oxygen atoms in total. The first-order valence-corrected chi connectivity index (χ1v) is 9.40. The first-order valence-electron chi connectivity index (χ1n) is 9.40. The maximum absolute atomic E-state index is 5.46. The Bertz CT molecular complexity index is 970. The summed E-state index contributed by atoms with van der Waals surface area (Å²) in [7, 11) is 5.09. The highest BCUT2D eigenvalue weighted by molar-refractivity contribution is 14.0. The predicted molar refractivity (Wildman–Crippen MR) is 130 cm³/mol. The van der Waals surface area contributed by atoms with Gasteiger partial charge in [0.2, 0.25) is 0 Å². The molecule has 8 heteroatoms. The van der Waals surface area contributed by atoms with Crippen LogP contribution in [0.4, 0.5) is 0 Å². The van der Waals surface area contributed by atoms with Crippen LogP contribution in [0.15, 0.2) is 59.7 Å². The van der Waals surface area contributed by atoms with Gasteiger partial charge in [0.1, 0.15) is 11.5 Å². The number of aliphatic imine (C=N–C) groups is 1. The van der Waals surface area contributed by atoms with Gasteiger partial charge in [-0.15, -0.1) is 24.0 Å². The highest BCUT2D eigenvalue weighted by atomic mass is 127. The first kappa shape index (κ1) is 23.5. The minimum atomic E-state index is 0. The molecule has 3 aromatic rings. The van der Waals surface area contributed by atoms with Crippen LogP contribution >= 0.6 is 24.0 Å². The van der Waals surface area contributed by atoms with Crippen LogP contribution in [-0.4, -0.2) is 37.0 Å². The molecule has 0 aliphatic carbocycles. The van der Waals surface area contributed by atoms with Gasteiger partial charge in [0, 0.05) is 25.4 Å². The molecule has 0 saturated heterocycles. The number of rotatable bonds is 7. The van der Waals surface area contributed by atoms with E-state index < -0.39 is 0 Å². The summed E-state index contributed by atoms with van der Waals surface area (Å²) in [6.45, 7) is 3.22. The number of benzene rings is 2. The SMILES string of the molecule is CN=C(NCc1ccn(-c2ccc(OC)cc2)n1)NCc1ccc(C)cc1OC.I. The molecule has 0 unspecified atom stereocenters. The standard InChI is InChI=1S/C22H27N5O2.HI/c1-16-5-6-17(21(13-16)29-4)14-24-22(23-2)25-15-18-11-12-27(26-18)19-7-9-20(28-3)10-8-19;/h5-13H,14-15H2,1-4H3,(H2,23,24,25);1H. The Hall–Kier alpha value is -2.75. The summed E-state index contributed by atoms with van der Waals surface area (Å²) in [5.74, 6) is 2.39. The van der Waals surface area contributed by atoms with E-state index in [1.54, 1.807) is 21.3 Å². The van der Waals surface area contributed by atoms with Crippen LogP contribution in [0.3, 0.4) is 0 Å². The van der Waals surface area contributed by atoms with Gasteiger partial charge >= 0.3 is 0 Å². The third-order valence-corrected chi connectivity index (χ3v) is 4.53. The van der Waals surface area contributed by atoms with Crippen molar-refractivity contribution in [2.45, 2.75) is 20.0 Å². The molecule has 0 bridgehead atoms. The van der Waals surface area contributed by atoms with Crippen molar-refractivity contribution in [3.63, 3.8) is 0 Å². The Balaban J connectivity index is 0.00000320. The average molecular weight is 521 g/mol. The van der Waals surface area contributed by atoms with E-state index in [0.29, 0.717) is 19.0 Å². The van der Waals surface area contributed by atoms with Crippen LogP contribution in [0, 0.1) is 6.92 Å². The topological polar surface area (TPSA) is 72.7 Å². The second-order valence-corrected chi connectivity index (χ2v) is 6.54. The van der Waals surface area contributed by atoms with Gasteiger partial charge in [-0.1, -0.05) is 12.1 Å². The summed E-state index contributed by atoms with van der Waals surface area (Å²) in [4.78, 5) is 4.28. The number of aromatic nitrogens is 2. The maximum atomic E-state index is 5.46. The Morgan fingerprint density at radius 2 is 1.73 bits per heavy atom. The second-order valence-electron chi connectivity index (χ2n) is 6.54. The van der Waals surface area contributed by atoms with E-state index >= 15 is 0 Å². The number of hydrogen-bond acceptors (Lipinski definition) is 4. The molecule has 0 aliphatic rings. The summed E-state index contributed by atoms with van der Waals surface area (Å²) in [5.41, 5.74) is 4.13. The quantitative estimate of drug-likeness (QED) is 0.282. The molecule has 0 amide bonds. The first-order chi connectivity index (χ1) is 14.1. The highest BCUT2D eigenvalue weighted by Crippen LogP contribution is 2.19. The Morgan fingerprint density at radius 1 is 1.00 bits per heavy atom. The smallest absolute Gasteiger partial charge is 0.191 e. The van der Waals surface area contributed by atoms with Crippen LogP contribution in [-0.2, 0) is 13.1 Å². The Kier molecular flexibility index (Phi) is 8.97. The van der Waals surface area contributed by atoms with Crippen molar-refractivity contribution in [1.82, 2.24) is 20.4 Å². The second kappa shape index (κ2) is 11.4. The summed E-state index contributed by atoms with van der Waals surface area (Å²) in [5, 5.41) is 11.2. The zero-order valence-electron chi connectivity index (χ0n) is 17.7. The molecule has 2 aromatic carbocycles. The summed E-state index contributed by atoms with van der Waals surface area (Å²) in [6, 6.07) is 15.9. The zero-order valence-corrected chi connectivity index (χ0v) is 20.0. The lowest BCUT2D eigenvalue weighted by Gasteiger charge is -2.13. The van der Waals surface area contributed by atoms with E-state index in [4.69, 9.17) is 9.47 Å². The molecule has 0 saturated carbocycles. The number of methoxy groups -OCH3 is 2.